The van der Waals surface area contributed by atoms with Gasteiger partial charge in [-0.15, -0.1) is 0 Å². The molecular weight excluding hydrogens is 272 g/mol. The van der Waals surface area contributed by atoms with Gasteiger partial charge < -0.3 is 4.74 Å². The molecule has 0 spiro atoms. The maximum absolute atomic E-state index is 12.1. The molecule has 0 heterocycles. The van der Waals surface area contributed by atoms with Crippen LogP contribution in [0.5, 0.6) is 5.75 Å². The maximum Gasteiger partial charge on any atom is 0.343 e. The van der Waals surface area contributed by atoms with Gasteiger partial charge >= 0.3 is 5.97 Å². The fraction of sp³-hybridized carbons (Fsp3) is 0.0500. The average Bonchev–Trinajstić information content (AvgIpc) is 2.57. The van der Waals surface area contributed by atoms with Gasteiger partial charge in [-0.25, -0.2) is 4.79 Å². The molecule has 22 heavy (non-hydrogen) atoms. The highest BCUT2D eigenvalue weighted by Gasteiger charge is 2.12. The lowest BCUT2D eigenvalue weighted by atomic mass is 10.00. The number of benzene rings is 2. The lowest BCUT2D eigenvalue weighted by molar-refractivity contribution is -0.129. The highest BCUT2D eigenvalue weighted by Crippen LogP contribution is 2.20. The van der Waals surface area contributed by atoms with Crippen LogP contribution in [0.3, 0.4) is 0 Å². The Labute approximate surface area is 130 Å². The molecule has 2 heteroatoms. The van der Waals surface area contributed by atoms with Gasteiger partial charge in [-0.1, -0.05) is 66.8 Å². The summed E-state index contributed by atoms with van der Waals surface area (Å²) in [6.45, 7) is 0. The van der Waals surface area contributed by atoms with Crippen molar-refractivity contribution in [3.63, 3.8) is 0 Å². The van der Waals surface area contributed by atoms with E-state index >= 15 is 0 Å². The van der Waals surface area contributed by atoms with Crippen LogP contribution in [0, 0.1) is 0 Å². The second-order valence-corrected chi connectivity index (χ2v) is 5.03. The van der Waals surface area contributed by atoms with Gasteiger partial charge in [0.2, 0.25) is 0 Å². The molecule has 2 nitrogen and oxygen atoms in total. The maximum atomic E-state index is 12.1. The van der Waals surface area contributed by atoms with Crippen molar-refractivity contribution in [2.45, 2.75) is 6.42 Å². The van der Waals surface area contributed by atoms with Crippen LogP contribution >= 0.6 is 0 Å². The number of allylic oxidation sites excluding steroid dienone is 3. The largest absolute Gasteiger partial charge is 0.423 e. The Morgan fingerprint density at radius 3 is 2.23 bits per heavy atom. The Balaban J connectivity index is 1.66. The molecule has 0 aliphatic heterocycles. The van der Waals surface area contributed by atoms with Gasteiger partial charge in [0.1, 0.15) is 5.75 Å². The van der Waals surface area contributed by atoms with E-state index in [1.54, 1.807) is 12.1 Å². The van der Waals surface area contributed by atoms with E-state index < -0.39 is 0 Å². The number of ether oxygens (including phenoxy) is 1. The van der Waals surface area contributed by atoms with E-state index in [0.717, 1.165) is 12.0 Å². The van der Waals surface area contributed by atoms with Crippen LogP contribution in [0.2, 0.25) is 0 Å². The van der Waals surface area contributed by atoms with Crippen LogP contribution in [0.25, 0.3) is 6.08 Å². The fourth-order valence-electron chi connectivity index (χ4n) is 2.24. The Morgan fingerprint density at radius 1 is 0.909 bits per heavy atom. The van der Waals surface area contributed by atoms with Crippen molar-refractivity contribution in [1.29, 1.82) is 0 Å². The van der Waals surface area contributed by atoms with Gasteiger partial charge in [0.05, 0.1) is 5.57 Å². The van der Waals surface area contributed by atoms with E-state index in [1.807, 2.05) is 54.6 Å². The van der Waals surface area contributed by atoms with Crippen molar-refractivity contribution in [3.8, 4) is 5.75 Å². The van der Waals surface area contributed by atoms with Gasteiger partial charge in [0.15, 0.2) is 0 Å². The molecule has 2 aromatic carbocycles. The number of rotatable bonds is 3. The van der Waals surface area contributed by atoms with Crippen LogP contribution in [-0.4, -0.2) is 5.97 Å². The van der Waals surface area contributed by atoms with Crippen LogP contribution < -0.4 is 4.74 Å². The molecule has 0 amide bonds. The Kier molecular flexibility index (Phi) is 4.30. The van der Waals surface area contributed by atoms with Crippen LogP contribution in [0.1, 0.15) is 12.0 Å². The molecule has 0 saturated heterocycles. The first-order valence-electron chi connectivity index (χ1n) is 7.22. The first-order valence-corrected chi connectivity index (χ1v) is 7.22. The Bertz CT molecular complexity index is 738. The molecule has 0 N–H and O–H groups in total. The van der Waals surface area contributed by atoms with E-state index in [4.69, 9.17) is 4.74 Å². The summed E-state index contributed by atoms with van der Waals surface area (Å²) in [6.07, 6.45) is 8.52. The van der Waals surface area contributed by atoms with Gasteiger partial charge in [-0.2, -0.15) is 0 Å². The van der Waals surface area contributed by atoms with E-state index in [1.165, 1.54) is 5.57 Å². The molecule has 0 atom stereocenters. The summed E-state index contributed by atoms with van der Waals surface area (Å²) in [5, 5.41) is 0. The average molecular weight is 288 g/mol. The molecule has 108 valence electrons. The highest BCUT2D eigenvalue weighted by molar-refractivity contribution is 5.93. The minimum absolute atomic E-state index is 0.318. The summed E-state index contributed by atoms with van der Waals surface area (Å²) >= 11 is 0. The molecule has 0 radical (unpaired) electrons. The molecule has 0 saturated carbocycles. The minimum atomic E-state index is -0.318. The van der Waals surface area contributed by atoms with Crippen molar-refractivity contribution < 1.29 is 9.53 Å². The fourth-order valence-corrected chi connectivity index (χ4v) is 2.24. The monoisotopic (exact) mass is 288 g/mol. The third-order valence-corrected chi connectivity index (χ3v) is 3.38. The van der Waals surface area contributed by atoms with Crippen molar-refractivity contribution in [1.82, 2.24) is 0 Å². The number of para-hydroxylation sites is 1. The van der Waals surface area contributed by atoms with E-state index in [9.17, 15) is 4.79 Å². The third-order valence-electron chi connectivity index (χ3n) is 3.38. The Hall–Kier alpha value is -2.87. The van der Waals surface area contributed by atoms with Crippen LogP contribution in [-0.2, 0) is 4.79 Å². The van der Waals surface area contributed by atoms with Gasteiger partial charge in [-0.05, 0) is 35.8 Å². The lowest BCUT2D eigenvalue weighted by Gasteiger charge is -2.09. The first-order chi connectivity index (χ1) is 10.8. The number of esters is 1. The SMILES string of the molecule is O=C(Oc1ccccc1)C1=CCC(=Cc2ccccc2)C=C1. The highest BCUT2D eigenvalue weighted by atomic mass is 16.5. The topological polar surface area (TPSA) is 26.3 Å². The molecule has 3 rings (SSSR count). The van der Waals surface area contributed by atoms with E-state index in [0.29, 0.717) is 11.3 Å². The third kappa shape index (κ3) is 3.61. The molecule has 1 aliphatic carbocycles. The van der Waals surface area contributed by atoms with Crippen molar-refractivity contribution in [2.75, 3.05) is 0 Å². The molecular formula is C20H16O2. The zero-order valence-corrected chi connectivity index (χ0v) is 12.1. The van der Waals surface area contributed by atoms with Crippen molar-refractivity contribution >= 4 is 12.0 Å². The number of carbonyl (C=O) groups is 1. The molecule has 0 bridgehead atoms. The quantitative estimate of drug-likeness (QED) is 0.611. The summed E-state index contributed by atoms with van der Waals surface area (Å²) in [5.74, 6) is 0.244. The first kappa shape index (κ1) is 14.1. The molecule has 2 aromatic rings. The van der Waals surface area contributed by atoms with Crippen LogP contribution in [0.15, 0.2) is 90.0 Å². The van der Waals surface area contributed by atoms with E-state index in [2.05, 4.69) is 18.2 Å². The van der Waals surface area contributed by atoms with Crippen LogP contribution in [0.4, 0.5) is 0 Å². The molecule has 1 aliphatic rings. The smallest absolute Gasteiger partial charge is 0.343 e. The lowest BCUT2D eigenvalue weighted by Crippen LogP contribution is -2.11. The minimum Gasteiger partial charge on any atom is -0.423 e. The number of carbonyl (C=O) groups excluding carboxylic acids is 1. The Morgan fingerprint density at radius 2 is 1.59 bits per heavy atom. The predicted octanol–water partition coefficient (Wildman–Crippen LogP) is 4.56. The summed E-state index contributed by atoms with van der Waals surface area (Å²) in [4.78, 5) is 12.1. The van der Waals surface area contributed by atoms with Gasteiger partial charge in [-0.3, -0.25) is 0 Å². The standard InChI is InChI=1S/C20H16O2/c21-20(22-19-9-5-2-6-10-19)18-13-11-17(12-14-18)15-16-7-3-1-4-8-16/h1-11,13-15H,12H2. The zero-order valence-electron chi connectivity index (χ0n) is 12.1. The number of hydrogen-bond acceptors (Lipinski definition) is 2. The second kappa shape index (κ2) is 6.72. The molecule has 0 aromatic heterocycles. The summed E-state index contributed by atoms with van der Waals surface area (Å²) in [7, 11) is 0. The normalized spacial score (nSPS) is 15.5. The number of hydrogen-bond donors (Lipinski definition) is 0. The second-order valence-electron chi connectivity index (χ2n) is 5.03. The summed E-state index contributed by atoms with van der Waals surface area (Å²) in [5.41, 5.74) is 2.92. The summed E-state index contributed by atoms with van der Waals surface area (Å²) in [6, 6.07) is 19.2. The predicted molar refractivity (Wildman–Crippen MR) is 88.3 cm³/mol. The van der Waals surface area contributed by atoms with E-state index in [-0.39, 0.29) is 5.97 Å². The molecule has 0 fully saturated rings. The van der Waals surface area contributed by atoms with Gasteiger partial charge in [0.25, 0.3) is 0 Å². The zero-order chi connectivity index (χ0) is 15.2. The molecule has 0 unspecified atom stereocenters. The summed E-state index contributed by atoms with van der Waals surface area (Å²) < 4.78 is 5.33. The van der Waals surface area contributed by atoms with Gasteiger partial charge in [0, 0.05) is 0 Å². The van der Waals surface area contributed by atoms with Crippen molar-refractivity contribution in [2.24, 2.45) is 0 Å². The van der Waals surface area contributed by atoms with Crippen molar-refractivity contribution in [3.05, 3.63) is 95.6 Å².